The smallest absolute Gasteiger partial charge is 0.239 e. The van der Waals surface area contributed by atoms with E-state index in [1.807, 2.05) is 25.1 Å². The van der Waals surface area contributed by atoms with Crippen molar-refractivity contribution in [2.75, 3.05) is 5.32 Å². The van der Waals surface area contributed by atoms with Crippen LogP contribution in [0.25, 0.3) is 27.9 Å². The number of carbonyl (C=O) groups excluding carboxylic acids is 1. The van der Waals surface area contributed by atoms with Gasteiger partial charge >= 0.3 is 0 Å². The molecule has 0 aliphatic carbocycles. The van der Waals surface area contributed by atoms with Gasteiger partial charge in [-0.3, -0.25) is 4.79 Å². The Morgan fingerprint density at radius 1 is 1.28 bits per heavy atom. The molecule has 0 fully saturated rings. The lowest BCUT2D eigenvalue weighted by Crippen LogP contribution is -2.35. The minimum absolute atomic E-state index is 0.373. The van der Waals surface area contributed by atoms with Crippen molar-refractivity contribution in [1.29, 1.82) is 5.26 Å². The SMILES string of the molecule is CC[C@@H](Nc1nc2c(Br)cccc2c2nc(-c3ccc(C#N)cc3)nn12)C(N)=O. The van der Waals surface area contributed by atoms with Crippen molar-refractivity contribution < 1.29 is 4.79 Å². The Bertz CT molecular complexity index is 1270. The van der Waals surface area contributed by atoms with Gasteiger partial charge in [-0.1, -0.05) is 13.0 Å². The third kappa shape index (κ3) is 3.39. The van der Waals surface area contributed by atoms with Gasteiger partial charge < -0.3 is 11.1 Å². The second-order valence-corrected chi connectivity index (χ2v) is 7.29. The fourth-order valence-corrected chi connectivity index (χ4v) is 3.49. The number of nitrogens with two attached hydrogens (primary N) is 1. The Balaban J connectivity index is 1.95. The van der Waals surface area contributed by atoms with Gasteiger partial charge in [0.05, 0.1) is 17.1 Å². The highest BCUT2D eigenvalue weighted by atomic mass is 79.9. The Hall–Kier alpha value is -3.51. The summed E-state index contributed by atoms with van der Waals surface area (Å²) in [5.74, 6) is 0.387. The number of nitrogens with zero attached hydrogens (tertiary/aromatic N) is 5. The van der Waals surface area contributed by atoms with E-state index in [-0.39, 0.29) is 0 Å². The van der Waals surface area contributed by atoms with Crippen LogP contribution >= 0.6 is 15.9 Å². The third-order valence-corrected chi connectivity index (χ3v) is 5.22. The van der Waals surface area contributed by atoms with Crippen LogP contribution in [0.2, 0.25) is 0 Å². The molecule has 0 radical (unpaired) electrons. The second-order valence-electron chi connectivity index (χ2n) is 6.44. The molecule has 0 saturated heterocycles. The number of hydrogen-bond donors (Lipinski definition) is 2. The quantitative estimate of drug-likeness (QED) is 0.481. The fourth-order valence-electron chi connectivity index (χ4n) is 3.04. The van der Waals surface area contributed by atoms with Gasteiger partial charge in [0.1, 0.15) is 6.04 Å². The maximum absolute atomic E-state index is 11.7. The van der Waals surface area contributed by atoms with E-state index in [0.29, 0.717) is 34.9 Å². The number of carbonyl (C=O) groups is 1. The molecule has 2 aromatic heterocycles. The van der Waals surface area contributed by atoms with Crippen LogP contribution in [0.1, 0.15) is 18.9 Å². The number of nitriles is 1. The molecule has 2 heterocycles. The first-order valence-corrected chi connectivity index (χ1v) is 9.72. The van der Waals surface area contributed by atoms with Gasteiger partial charge in [-0.05, 0) is 58.7 Å². The molecule has 0 unspecified atom stereocenters. The van der Waals surface area contributed by atoms with E-state index >= 15 is 0 Å². The van der Waals surface area contributed by atoms with Crippen molar-refractivity contribution in [3.05, 3.63) is 52.5 Å². The van der Waals surface area contributed by atoms with Crippen LogP contribution in [0.4, 0.5) is 5.95 Å². The highest BCUT2D eigenvalue weighted by molar-refractivity contribution is 9.10. The van der Waals surface area contributed by atoms with Crippen LogP contribution in [0, 0.1) is 11.3 Å². The number of para-hydroxylation sites is 1. The maximum atomic E-state index is 11.7. The fraction of sp³-hybridized carbons (Fsp3) is 0.150. The summed E-state index contributed by atoms with van der Waals surface area (Å²) < 4.78 is 2.38. The van der Waals surface area contributed by atoms with Crippen LogP contribution in [0.5, 0.6) is 0 Å². The zero-order valence-corrected chi connectivity index (χ0v) is 17.0. The lowest BCUT2D eigenvalue weighted by atomic mass is 10.1. The largest absolute Gasteiger partial charge is 0.368 e. The number of nitrogens with one attached hydrogen (secondary N) is 1. The predicted molar refractivity (Wildman–Crippen MR) is 113 cm³/mol. The van der Waals surface area contributed by atoms with Gasteiger partial charge in [-0.2, -0.15) is 9.78 Å². The van der Waals surface area contributed by atoms with Crippen molar-refractivity contribution in [3.63, 3.8) is 0 Å². The summed E-state index contributed by atoms with van der Waals surface area (Å²) in [4.78, 5) is 21.1. The van der Waals surface area contributed by atoms with Gasteiger partial charge in [0.15, 0.2) is 11.5 Å². The monoisotopic (exact) mass is 449 g/mol. The first-order chi connectivity index (χ1) is 14.0. The molecule has 0 aliphatic rings. The summed E-state index contributed by atoms with van der Waals surface area (Å²) in [6.07, 6.45) is 0.504. The lowest BCUT2D eigenvalue weighted by molar-refractivity contribution is -0.118. The average molecular weight is 450 g/mol. The van der Waals surface area contributed by atoms with E-state index < -0.39 is 11.9 Å². The number of fused-ring (bicyclic) bond motifs is 3. The van der Waals surface area contributed by atoms with E-state index in [1.165, 1.54) is 0 Å². The van der Waals surface area contributed by atoms with Crippen molar-refractivity contribution in [2.24, 2.45) is 5.73 Å². The van der Waals surface area contributed by atoms with Crippen LogP contribution in [-0.2, 0) is 4.79 Å². The first-order valence-electron chi connectivity index (χ1n) is 8.93. The summed E-state index contributed by atoms with van der Waals surface area (Å²) >= 11 is 3.53. The minimum atomic E-state index is -0.590. The van der Waals surface area contributed by atoms with Gasteiger partial charge in [0, 0.05) is 15.4 Å². The number of anilines is 1. The standard InChI is InChI=1S/C20H16BrN7O/c1-2-15(17(23)29)24-20-25-16-13(4-3-5-14(16)21)19-26-18(27-28(19)20)12-8-6-11(10-22)7-9-12/h3-9,15H,2H2,1H3,(H2,23,29)(H,24,25)/t15-/m1/s1. The third-order valence-electron chi connectivity index (χ3n) is 4.58. The van der Waals surface area contributed by atoms with Crippen molar-refractivity contribution in [2.45, 2.75) is 19.4 Å². The first kappa shape index (κ1) is 18.8. The zero-order chi connectivity index (χ0) is 20.5. The number of halogens is 1. The van der Waals surface area contributed by atoms with Gasteiger partial charge in [0.2, 0.25) is 11.9 Å². The zero-order valence-electron chi connectivity index (χ0n) is 15.4. The number of hydrogen-bond acceptors (Lipinski definition) is 6. The van der Waals surface area contributed by atoms with Crippen LogP contribution in [-0.4, -0.2) is 31.5 Å². The topological polar surface area (TPSA) is 122 Å². The highest BCUT2D eigenvalue weighted by Gasteiger charge is 2.20. The number of primary amides is 1. The molecule has 0 saturated carbocycles. The second kappa shape index (κ2) is 7.48. The molecule has 9 heteroatoms. The molecular weight excluding hydrogens is 434 g/mol. The molecule has 3 N–H and O–H groups in total. The molecule has 1 atom stereocenters. The molecule has 29 heavy (non-hydrogen) atoms. The number of amides is 1. The van der Waals surface area contributed by atoms with Gasteiger partial charge in [0.25, 0.3) is 0 Å². The lowest BCUT2D eigenvalue weighted by Gasteiger charge is -2.15. The molecule has 0 aliphatic heterocycles. The Labute approximate surface area is 174 Å². The predicted octanol–water partition coefficient (Wildman–Crippen LogP) is 3.25. The van der Waals surface area contributed by atoms with E-state index in [4.69, 9.17) is 16.0 Å². The van der Waals surface area contributed by atoms with Crippen molar-refractivity contribution in [3.8, 4) is 17.5 Å². The molecule has 4 aromatic rings. The number of benzene rings is 2. The molecule has 2 aromatic carbocycles. The normalized spacial score (nSPS) is 12.0. The summed E-state index contributed by atoms with van der Waals surface area (Å²) in [5, 5.41) is 17.5. The Morgan fingerprint density at radius 3 is 2.69 bits per heavy atom. The Morgan fingerprint density at radius 2 is 2.03 bits per heavy atom. The molecule has 1 amide bonds. The summed E-state index contributed by atoms with van der Waals surface area (Å²) in [6.45, 7) is 1.86. The molecular formula is C20H16BrN7O. The van der Waals surface area contributed by atoms with Crippen molar-refractivity contribution in [1.82, 2.24) is 19.6 Å². The van der Waals surface area contributed by atoms with E-state index in [2.05, 4.69) is 37.4 Å². The van der Waals surface area contributed by atoms with Gasteiger partial charge in [-0.25, -0.2) is 9.97 Å². The summed E-state index contributed by atoms with van der Waals surface area (Å²) in [6, 6.07) is 14.2. The molecule has 8 nitrogen and oxygen atoms in total. The average Bonchev–Trinajstić information content (AvgIpc) is 3.18. The Kier molecular flexibility index (Phi) is 4.86. The maximum Gasteiger partial charge on any atom is 0.239 e. The van der Waals surface area contributed by atoms with Crippen LogP contribution < -0.4 is 11.1 Å². The van der Waals surface area contributed by atoms with E-state index in [9.17, 15) is 4.79 Å². The van der Waals surface area contributed by atoms with Gasteiger partial charge in [-0.15, -0.1) is 5.10 Å². The highest BCUT2D eigenvalue weighted by Crippen LogP contribution is 2.29. The van der Waals surface area contributed by atoms with Crippen LogP contribution in [0.15, 0.2) is 46.9 Å². The van der Waals surface area contributed by atoms with Crippen LogP contribution in [0.3, 0.4) is 0 Å². The summed E-state index contributed by atoms with van der Waals surface area (Å²) in [5.41, 5.74) is 8.11. The molecule has 144 valence electrons. The minimum Gasteiger partial charge on any atom is -0.368 e. The summed E-state index contributed by atoms with van der Waals surface area (Å²) in [7, 11) is 0. The number of rotatable bonds is 5. The molecule has 4 rings (SSSR count). The number of aromatic nitrogens is 4. The molecule has 0 spiro atoms. The molecule has 0 bridgehead atoms. The van der Waals surface area contributed by atoms with Crippen molar-refractivity contribution >= 4 is 44.3 Å². The van der Waals surface area contributed by atoms with E-state index in [1.54, 1.807) is 28.8 Å². The van der Waals surface area contributed by atoms with E-state index in [0.717, 1.165) is 15.4 Å².